The molecule has 0 amide bonds. The topological polar surface area (TPSA) is 149 Å². The molecule has 0 aliphatic heterocycles. The monoisotopic (exact) mass is 488 g/mol. The maximum atomic E-state index is 10.7. The molecule has 0 atom stereocenters. The van der Waals surface area contributed by atoms with Crippen LogP contribution in [0.25, 0.3) is 0 Å². The van der Waals surface area contributed by atoms with Gasteiger partial charge in [0.1, 0.15) is 0 Å². The molecule has 136 valence electrons. The van der Waals surface area contributed by atoms with Crippen LogP contribution in [0.5, 0.6) is 0 Å². The van der Waals surface area contributed by atoms with Gasteiger partial charge >= 0.3 is 23.9 Å². The summed E-state index contributed by atoms with van der Waals surface area (Å²) >= 11 is 5.97. The van der Waals surface area contributed by atoms with Gasteiger partial charge in [-0.2, -0.15) is 0 Å². The van der Waals surface area contributed by atoms with Gasteiger partial charge in [-0.1, -0.05) is 0 Å². The van der Waals surface area contributed by atoms with E-state index in [9.17, 15) is 19.2 Å². The van der Waals surface area contributed by atoms with Gasteiger partial charge < -0.3 is 20.4 Å². The van der Waals surface area contributed by atoms with E-state index in [1.165, 1.54) is 36.4 Å². The first-order valence-corrected chi connectivity index (χ1v) is 8.15. The first-order chi connectivity index (χ1) is 12.0. The molecule has 0 aliphatic rings. The van der Waals surface area contributed by atoms with Gasteiger partial charge in [0.25, 0.3) is 0 Å². The summed E-state index contributed by atoms with van der Waals surface area (Å²) in [6, 6.07) is 7.51. The highest BCUT2D eigenvalue weighted by atomic mass is 79.9. The van der Waals surface area contributed by atoms with E-state index in [0.29, 0.717) is 0 Å². The van der Waals surface area contributed by atoms with Gasteiger partial charge in [0.05, 0.1) is 22.3 Å². The van der Waals surface area contributed by atoms with Crippen LogP contribution in [-0.4, -0.2) is 44.3 Å². The summed E-state index contributed by atoms with van der Waals surface area (Å²) in [7, 11) is 0. The van der Waals surface area contributed by atoms with Crippen LogP contribution in [0.15, 0.2) is 45.3 Å². The summed E-state index contributed by atoms with van der Waals surface area (Å²) in [4.78, 5) is 42.0. The van der Waals surface area contributed by atoms with Crippen molar-refractivity contribution in [3.05, 3.63) is 67.6 Å². The predicted octanol–water partition coefficient (Wildman–Crippen LogP) is 3.69. The lowest BCUT2D eigenvalue weighted by molar-refractivity contribution is 0.0679. The second-order valence-electron chi connectivity index (χ2n) is 4.61. The zero-order valence-electron chi connectivity index (χ0n) is 12.6. The SMILES string of the molecule is O=C(O)c1cc(Br)c(C(=O)O)cc1Br.O=C(O)c1ccc(C(=O)O)cc1. The lowest BCUT2D eigenvalue weighted by Crippen LogP contribution is -2.03. The number of carboxylic acid groups (broad SMARTS) is 4. The van der Waals surface area contributed by atoms with E-state index in [1.54, 1.807) is 0 Å². The normalized spacial score (nSPS) is 9.62. The van der Waals surface area contributed by atoms with Crippen LogP contribution in [0.1, 0.15) is 41.4 Å². The van der Waals surface area contributed by atoms with Gasteiger partial charge in [-0.05, 0) is 68.3 Å². The summed E-state index contributed by atoms with van der Waals surface area (Å²) in [5.41, 5.74) is 0.198. The Balaban J connectivity index is 0.000000263. The molecule has 0 saturated heterocycles. The standard InChI is InChI=1S/C8H4Br2O4.C8H6O4/c9-5-1-3(7(11)12)6(10)2-4(5)8(13)14;9-7(10)5-1-2-6(4-3-5)8(11)12/h1-2H,(H,11,12)(H,13,14);1-4H,(H,9,10)(H,11,12). The van der Waals surface area contributed by atoms with Gasteiger partial charge in [0.2, 0.25) is 0 Å². The largest absolute Gasteiger partial charge is 0.478 e. The van der Waals surface area contributed by atoms with Crippen molar-refractivity contribution in [2.75, 3.05) is 0 Å². The first kappa shape index (κ1) is 21.3. The number of halogens is 2. The highest BCUT2D eigenvalue weighted by molar-refractivity contribution is 9.11. The van der Waals surface area contributed by atoms with Crippen LogP contribution in [0.4, 0.5) is 0 Å². The zero-order valence-corrected chi connectivity index (χ0v) is 15.8. The Morgan fingerprint density at radius 1 is 0.577 bits per heavy atom. The van der Waals surface area contributed by atoms with Gasteiger partial charge in [-0.3, -0.25) is 0 Å². The highest BCUT2D eigenvalue weighted by Crippen LogP contribution is 2.26. The molecule has 0 aromatic heterocycles. The fourth-order valence-corrected chi connectivity index (χ4v) is 2.66. The predicted molar refractivity (Wildman–Crippen MR) is 96.1 cm³/mol. The minimum Gasteiger partial charge on any atom is -0.478 e. The Morgan fingerprint density at radius 3 is 1.04 bits per heavy atom. The number of carbonyl (C=O) groups is 4. The number of aromatic carboxylic acids is 4. The van der Waals surface area contributed by atoms with E-state index in [0.717, 1.165) is 0 Å². The second-order valence-corrected chi connectivity index (χ2v) is 6.32. The number of hydrogen-bond acceptors (Lipinski definition) is 4. The third-order valence-corrected chi connectivity index (χ3v) is 4.21. The molecular weight excluding hydrogens is 480 g/mol. The van der Waals surface area contributed by atoms with Crippen molar-refractivity contribution in [2.45, 2.75) is 0 Å². The molecule has 0 fully saturated rings. The molecule has 2 rings (SSSR count). The molecule has 2 aromatic rings. The van der Waals surface area contributed by atoms with Gasteiger partial charge in [-0.25, -0.2) is 19.2 Å². The van der Waals surface area contributed by atoms with E-state index >= 15 is 0 Å². The van der Waals surface area contributed by atoms with E-state index in [1.807, 2.05) is 0 Å². The van der Waals surface area contributed by atoms with Crippen molar-refractivity contribution in [3.8, 4) is 0 Å². The fourth-order valence-electron chi connectivity index (χ4n) is 1.63. The van der Waals surface area contributed by atoms with E-state index in [2.05, 4.69) is 31.9 Å². The molecule has 8 nitrogen and oxygen atoms in total. The van der Waals surface area contributed by atoms with Crippen molar-refractivity contribution >= 4 is 55.7 Å². The van der Waals surface area contributed by atoms with Crippen LogP contribution >= 0.6 is 31.9 Å². The Morgan fingerprint density at radius 2 is 0.846 bits per heavy atom. The van der Waals surface area contributed by atoms with Crippen LogP contribution in [-0.2, 0) is 0 Å². The minimum absolute atomic E-state index is 0.0156. The Bertz CT molecular complexity index is 802. The van der Waals surface area contributed by atoms with E-state index in [4.69, 9.17) is 20.4 Å². The summed E-state index contributed by atoms with van der Waals surface area (Å²) in [6.45, 7) is 0. The van der Waals surface area contributed by atoms with Gasteiger partial charge in [0.15, 0.2) is 0 Å². The minimum atomic E-state index is -1.12. The van der Waals surface area contributed by atoms with Crippen LogP contribution in [0.2, 0.25) is 0 Å². The van der Waals surface area contributed by atoms with Crippen LogP contribution < -0.4 is 0 Å². The summed E-state index contributed by atoms with van der Waals surface area (Å²) < 4.78 is 0.483. The zero-order chi connectivity index (χ0) is 20.0. The number of carboxylic acids is 4. The fraction of sp³-hybridized carbons (Fsp3) is 0. The van der Waals surface area contributed by atoms with Crippen molar-refractivity contribution in [1.29, 1.82) is 0 Å². The molecule has 0 unspecified atom stereocenters. The Hall–Kier alpha value is -2.72. The first-order valence-electron chi connectivity index (χ1n) is 6.56. The second kappa shape index (κ2) is 9.11. The lowest BCUT2D eigenvalue weighted by atomic mass is 10.1. The van der Waals surface area contributed by atoms with Crippen molar-refractivity contribution in [3.63, 3.8) is 0 Å². The molecule has 26 heavy (non-hydrogen) atoms. The molecule has 0 bridgehead atoms. The van der Waals surface area contributed by atoms with Crippen LogP contribution in [0.3, 0.4) is 0 Å². The molecule has 0 spiro atoms. The van der Waals surface area contributed by atoms with Crippen LogP contribution in [0, 0.1) is 0 Å². The maximum Gasteiger partial charge on any atom is 0.336 e. The Labute approximate surface area is 163 Å². The molecule has 10 heteroatoms. The average molecular weight is 490 g/mol. The third-order valence-electron chi connectivity index (χ3n) is 2.90. The molecule has 0 heterocycles. The van der Waals surface area contributed by atoms with Crippen molar-refractivity contribution in [1.82, 2.24) is 0 Å². The number of rotatable bonds is 4. The smallest absolute Gasteiger partial charge is 0.336 e. The Kier molecular flexibility index (Phi) is 7.47. The average Bonchev–Trinajstić information content (AvgIpc) is 2.56. The van der Waals surface area contributed by atoms with Crippen molar-refractivity contribution < 1.29 is 39.6 Å². The van der Waals surface area contributed by atoms with Crippen molar-refractivity contribution in [2.24, 2.45) is 0 Å². The van der Waals surface area contributed by atoms with E-state index < -0.39 is 23.9 Å². The molecule has 0 radical (unpaired) electrons. The summed E-state index contributed by atoms with van der Waals surface area (Å²) in [5.74, 6) is -4.36. The summed E-state index contributed by atoms with van der Waals surface area (Å²) in [5, 5.41) is 34.4. The highest BCUT2D eigenvalue weighted by Gasteiger charge is 2.15. The quantitative estimate of drug-likeness (QED) is 0.507. The maximum absolute atomic E-state index is 10.7. The van der Waals surface area contributed by atoms with Gasteiger partial charge in [0, 0.05) is 8.95 Å². The molecule has 4 N–H and O–H groups in total. The number of hydrogen-bond donors (Lipinski definition) is 4. The third kappa shape index (κ3) is 5.67. The van der Waals surface area contributed by atoms with Gasteiger partial charge in [-0.15, -0.1) is 0 Å². The summed E-state index contributed by atoms with van der Waals surface area (Å²) in [6.07, 6.45) is 0. The molecular formula is C16H10Br2O8. The molecule has 0 aliphatic carbocycles. The lowest BCUT2D eigenvalue weighted by Gasteiger charge is -2.03. The molecule has 0 saturated carbocycles. The molecule has 2 aromatic carbocycles. The van der Waals surface area contributed by atoms with E-state index in [-0.39, 0.29) is 31.2 Å². The number of benzene rings is 2.